The van der Waals surface area contributed by atoms with Gasteiger partial charge in [-0.1, -0.05) is 20.8 Å². The van der Waals surface area contributed by atoms with Crippen LogP contribution in [0.2, 0.25) is 0 Å². The standard InChI is InChI=1S/C13H17F3N2O/c1-4-12(2,3)11(19)18-10-6-5-8(17)7-9(10)13(14,15)16/h5-7H,4,17H2,1-3H3,(H,18,19). The fourth-order valence-corrected chi connectivity index (χ4v) is 1.36. The molecule has 6 heteroatoms. The number of nitrogens with one attached hydrogen (secondary N) is 1. The Kier molecular flexibility index (Phi) is 4.12. The number of amides is 1. The van der Waals surface area contributed by atoms with Gasteiger partial charge >= 0.3 is 6.18 Å². The number of nitrogens with two attached hydrogens (primary N) is 1. The van der Waals surface area contributed by atoms with Gasteiger partial charge in [0.15, 0.2) is 0 Å². The van der Waals surface area contributed by atoms with E-state index in [2.05, 4.69) is 5.32 Å². The number of rotatable bonds is 3. The first-order valence-corrected chi connectivity index (χ1v) is 5.86. The van der Waals surface area contributed by atoms with Crippen LogP contribution < -0.4 is 11.1 Å². The van der Waals surface area contributed by atoms with Gasteiger partial charge in [0, 0.05) is 11.1 Å². The summed E-state index contributed by atoms with van der Waals surface area (Å²) >= 11 is 0. The molecule has 0 unspecified atom stereocenters. The highest BCUT2D eigenvalue weighted by Crippen LogP contribution is 2.36. The van der Waals surface area contributed by atoms with E-state index in [4.69, 9.17) is 5.73 Å². The lowest BCUT2D eigenvalue weighted by atomic mass is 9.89. The Morgan fingerprint density at radius 3 is 2.37 bits per heavy atom. The van der Waals surface area contributed by atoms with Gasteiger partial charge in [-0.15, -0.1) is 0 Å². The van der Waals surface area contributed by atoms with Crippen LogP contribution in [-0.4, -0.2) is 5.91 Å². The maximum Gasteiger partial charge on any atom is 0.418 e. The van der Waals surface area contributed by atoms with Gasteiger partial charge in [-0.05, 0) is 24.6 Å². The van der Waals surface area contributed by atoms with Gasteiger partial charge < -0.3 is 11.1 Å². The number of alkyl halides is 3. The molecule has 106 valence electrons. The zero-order chi connectivity index (χ0) is 14.8. The monoisotopic (exact) mass is 274 g/mol. The molecule has 1 aromatic carbocycles. The molecule has 3 nitrogen and oxygen atoms in total. The maximum absolute atomic E-state index is 12.9. The number of hydrogen-bond acceptors (Lipinski definition) is 2. The number of benzene rings is 1. The highest BCUT2D eigenvalue weighted by atomic mass is 19.4. The molecule has 0 fully saturated rings. The van der Waals surface area contributed by atoms with Crippen molar-refractivity contribution in [2.45, 2.75) is 33.4 Å². The Balaban J connectivity index is 3.12. The molecule has 0 aromatic heterocycles. The van der Waals surface area contributed by atoms with Crippen molar-refractivity contribution < 1.29 is 18.0 Å². The fourth-order valence-electron chi connectivity index (χ4n) is 1.36. The quantitative estimate of drug-likeness (QED) is 0.826. The first-order chi connectivity index (χ1) is 8.58. The van der Waals surface area contributed by atoms with Gasteiger partial charge in [0.2, 0.25) is 5.91 Å². The van der Waals surface area contributed by atoms with E-state index >= 15 is 0 Å². The zero-order valence-corrected chi connectivity index (χ0v) is 11.1. The molecule has 0 bridgehead atoms. The van der Waals surface area contributed by atoms with Crippen molar-refractivity contribution in [3.05, 3.63) is 23.8 Å². The average Bonchev–Trinajstić information content (AvgIpc) is 2.30. The van der Waals surface area contributed by atoms with E-state index in [1.165, 1.54) is 12.1 Å². The molecule has 0 spiro atoms. The third-order valence-electron chi connectivity index (χ3n) is 3.10. The lowest BCUT2D eigenvalue weighted by molar-refractivity contribution is -0.137. The molecule has 0 aliphatic carbocycles. The second kappa shape index (κ2) is 5.11. The topological polar surface area (TPSA) is 55.1 Å². The van der Waals surface area contributed by atoms with Crippen molar-refractivity contribution in [3.8, 4) is 0 Å². The minimum Gasteiger partial charge on any atom is -0.399 e. The van der Waals surface area contributed by atoms with Crippen molar-refractivity contribution in [1.29, 1.82) is 0 Å². The summed E-state index contributed by atoms with van der Waals surface area (Å²) in [6, 6.07) is 3.31. The summed E-state index contributed by atoms with van der Waals surface area (Å²) in [6.07, 6.45) is -4.04. The van der Waals surface area contributed by atoms with Gasteiger partial charge in [-0.25, -0.2) is 0 Å². The van der Waals surface area contributed by atoms with Crippen molar-refractivity contribution in [3.63, 3.8) is 0 Å². The van der Waals surface area contributed by atoms with E-state index in [1.807, 2.05) is 0 Å². The normalized spacial score (nSPS) is 12.3. The van der Waals surface area contributed by atoms with E-state index < -0.39 is 23.1 Å². The van der Waals surface area contributed by atoms with Crippen LogP contribution in [0.15, 0.2) is 18.2 Å². The van der Waals surface area contributed by atoms with Crippen molar-refractivity contribution in [1.82, 2.24) is 0 Å². The molecule has 0 saturated carbocycles. The number of carbonyl (C=O) groups excluding carboxylic acids is 1. The van der Waals surface area contributed by atoms with E-state index in [-0.39, 0.29) is 11.4 Å². The van der Waals surface area contributed by atoms with Crippen LogP contribution in [0.5, 0.6) is 0 Å². The number of anilines is 2. The van der Waals surface area contributed by atoms with E-state index in [9.17, 15) is 18.0 Å². The van der Waals surface area contributed by atoms with Gasteiger partial charge in [0.1, 0.15) is 0 Å². The van der Waals surface area contributed by atoms with E-state index in [1.54, 1.807) is 20.8 Å². The molecular formula is C13H17F3N2O. The summed E-state index contributed by atoms with van der Waals surface area (Å²) < 4.78 is 38.6. The Morgan fingerprint density at radius 2 is 1.89 bits per heavy atom. The highest BCUT2D eigenvalue weighted by molar-refractivity contribution is 5.95. The third kappa shape index (κ3) is 3.62. The molecule has 0 atom stereocenters. The lowest BCUT2D eigenvalue weighted by Crippen LogP contribution is -2.30. The number of hydrogen-bond donors (Lipinski definition) is 2. The van der Waals surface area contributed by atoms with E-state index in [0.717, 1.165) is 6.07 Å². The summed E-state index contributed by atoms with van der Waals surface area (Å²) in [5.41, 5.74) is 3.41. The molecule has 0 aliphatic heterocycles. The maximum atomic E-state index is 12.9. The number of nitrogen functional groups attached to an aromatic ring is 1. The van der Waals surface area contributed by atoms with Crippen molar-refractivity contribution >= 4 is 17.3 Å². The Hall–Kier alpha value is -1.72. The first kappa shape index (κ1) is 15.3. The van der Waals surface area contributed by atoms with Crippen LogP contribution in [0.1, 0.15) is 32.8 Å². The Bertz CT molecular complexity index is 481. The molecule has 0 radical (unpaired) electrons. The molecule has 3 N–H and O–H groups in total. The van der Waals surface area contributed by atoms with Crippen molar-refractivity contribution in [2.24, 2.45) is 5.41 Å². The Labute approximate surface area is 110 Å². The predicted octanol–water partition coefficient (Wildman–Crippen LogP) is 3.66. The molecule has 0 aliphatic rings. The van der Waals surface area contributed by atoms with Gasteiger partial charge in [0.25, 0.3) is 0 Å². The predicted molar refractivity (Wildman–Crippen MR) is 68.6 cm³/mol. The van der Waals surface area contributed by atoms with Gasteiger partial charge in [-0.3, -0.25) is 4.79 Å². The molecule has 19 heavy (non-hydrogen) atoms. The first-order valence-electron chi connectivity index (χ1n) is 5.86. The minimum absolute atomic E-state index is 0.0000701. The van der Waals surface area contributed by atoms with Crippen LogP contribution >= 0.6 is 0 Å². The molecule has 1 amide bonds. The molecule has 1 aromatic rings. The summed E-state index contributed by atoms with van der Waals surface area (Å²) in [4.78, 5) is 11.9. The van der Waals surface area contributed by atoms with Crippen LogP contribution in [0.4, 0.5) is 24.5 Å². The summed E-state index contributed by atoms with van der Waals surface area (Å²) in [5.74, 6) is -0.453. The van der Waals surface area contributed by atoms with Gasteiger partial charge in [0.05, 0.1) is 11.3 Å². The van der Waals surface area contributed by atoms with Crippen LogP contribution in [0.3, 0.4) is 0 Å². The SMILES string of the molecule is CCC(C)(C)C(=O)Nc1ccc(N)cc1C(F)(F)F. The van der Waals surface area contributed by atoms with Crippen LogP contribution in [0, 0.1) is 5.41 Å². The van der Waals surface area contributed by atoms with Crippen molar-refractivity contribution in [2.75, 3.05) is 11.1 Å². The summed E-state index contributed by atoms with van der Waals surface area (Å²) in [5, 5.41) is 2.32. The highest BCUT2D eigenvalue weighted by Gasteiger charge is 2.35. The second-order valence-corrected chi connectivity index (χ2v) is 4.99. The van der Waals surface area contributed by atoms with Crippen LogP contribution in [0.25, 0.3) is 0 Å². The Morgan fingerprint density at radius 1 is 1.32 bits per heavy atom. The minimum atomic E-state index is -4.56. The average molecular weight is 274 g/mol. The second-order valence-electron chi connectivity index (χ2n) is 4.99. The van der Waals surface area contributed by atoms with E-state index in [0.29, 0.717) is 6.42 Å². The lowest BCUT2D eigenvalue weighted by Gasteiger charge is -2.23. The summed E-state index contributed by atoms with van der Waals surface area (Å²) in [7, 11) is 0. The smallest absolute Gasteiger partial charge is 0.399 e. The van der Waals surface area contributed by atoms with Crippen LogP contribution in [-0.2, 0) is 11.0 Å². The zero-order valence-electron chi connectivity index (χ0n) is 11.1. The van der Waals surface area contributed by atoms with Gasteiger partial charge in [-0.2, -0.15) is 13.2 Å². The molecular weight excluding hydrogens is 257 g/mol. The molecule has 0 heterocycles. The largest absolute Gasteiger partial charge is 0.418 e. The third-order valence-corrected chi connectivity index (χ3v) is 3.10. The molecule has 0 saturated heterocycles. The molecule has 1 rings (SSSR count). The number of carbonyl (C=O) groups is 1. The summed E-state index contributed by atoms with van der Waals surface area (Å²) in [6.45, 7) is 5.15. The number of halogens is 3. The fraction of sp³-hybridized carbons (Fsp3) is 0.462.